The SMILES string of the molecule is Cn1nccc1S(=O)(=O)NC1(C(=N)N)CCCCCC1. The first-order chi connectivity index (χ1) is 9.37. The summed E-state index contributed by atoms with van der Waals surface area (Å²) in [5.41, 5.74) is 4.75. The van der Waals surface area contributed by atoms with Gasteiger partial charge in [-0.1, -0.05) is 25.7 Å². The number of amidine groups is 1. The van der Waals surface area contributed by atoms with Gasteiger partial charge in [0.2, 0.25) is 0 Å². The first kappa shape index (κ1) is 15.0. The monoisotopic (exact) mass is 299 g/mol. The predicted molar refractivity (Wildman–Crippen MR) is 75.9 cm³/mol. The molecular weight excluding hydrogens is 278 g/mol. The molecule has 112 valence electrons. The van der Waals surface area contributed by atoms with Gasteiger partial charge in [0.1, 0.15) is 5.84 Å². The highest BCUT2D eigenvalue weighted by molar-refractivity contribution is 7.89. The van der Waals surface area contributed by atoms with Gasteiger partial charge in [-0.05, 0) is 18.9 Å². The van der Waals surface area contributed by atoms with Crippen molar-refractivity contribution in [2.75, 3.05) is 0 Å². The molecule has 1 fully saturated rings. The summed E-state index contributed by atoms with van der Waals surface area (Å²) < 4.78 is 28.9. The molecule has 1 aromatic heterocycles. The largest absolute Gasteiger partial charge is 0.386 e. The topological polar surface area (TPSA) is 114 Å². The van der Waals surface area contributed by atoms with Crippen LogP contribution in [0.2, 0.25) is 0 Å². The Morgan fingerprint density at radius 1 is 1.40 bits per heavy atom. The fraction of sp³-hybridized carbons (Fsp3) is 0.667. The first-order valence-electron chi connectivity index (χ1n) is 6.74. The molecule has 20 heavy (non-hydrogen) atoms. The van der Waals surface area contributed by atoms with Crippen LogP contribution < -0.4 is 10.5 Å². The molecule has 2 rings (SSSR count). The summed E-state index contributed by atoms with van der Waals surface area (Å²) in [6, 6.07) is 1.44. The van der Waals surface area contributed by atoms with E-state index in [4.69, 9.17) is 11.1 Å². The number of nitrogens with two attached hydrogens (primary N) is 1. The summed E-state index contributed by atoms with van der Waals surface area (Å²) in [5.74, 6) is -0.106. The van der Waals surface area contributed by atoms with Crippen LogP contribution in [0.25, 0.3) is 0 Å². The molecule has 0 bridgehead atoms. The third-order valence-electron chi connectivity index (χ3n) is 3.85. The second-order valence-corrected chi connectivity index (χ2v) is 6.94. The average molecular weight is 299 g/mol. The van der Waals surface area contributed by atoms with Gasteiger partial charge in [0.05, 0.1) is 11.7 Å². The van der Waals surface area contributed by atoms with Gasteiger partial charge in [0, 0.05) is 7.05 Å². The lowest BCUT2D eigenvalue weighted by molar-refractivity contribution is 0.431. The van der Waals surface area contributed by atoms with Crippen LogP contribution in [0.1, 0.15) is 38.5 Å². The van der Waals surface area contributed by atoms with Gasteiger partial charge >= 0.3 is 0 Å². The van der Waals surface area contributed by atoms with Gasteiger partial charge in [-0.3, -0.25) is 10.1 Å². The molecule has 4 N–H and O–H groups in total. The van der Waals surface area contributed by atoms with Crippen LogP contribution >= 0.6 is 0 Å². The van der Waals surface area contributed by atoms with Crippen molar-refractivity contribution in [2.24, 2.45) is 12.8 Å². The molecule has 7 nitrogen and oxygen atoms in total. The van der Waals surface area contributed by atoms with Crippen LogP contribution in [0.4, 0.5) is 0 Å². The molecule has 0 unspecified atom stereocenters. The number of nitrogens with one attached hydrogen (secondary N) is 2. The van der Waals surface area contributed by atoms with Crippen molar-refractivity contribution in [1.29, 1.82) is 5.41 Å². The minimum atomic E-state index is -3.74. The zero-order valence-corrected chi connectivity index (χ0v) is 12.4. The van der Waals surface area contributed by atoms with E-state index in [-0.39, 0.29) is 10.9 Å². The molecule has 0 aliphatic heterocycles. The van der Waals surface area contributed by atoms with E-state index in [1.165, 1.54) is 16.9 Å². The van der Waals surface area contributed by atoms with Gasteiger partial charge in [0.15, 0.2) is 5.03 Å². The van der Waals surface area contributed by atoms with E-state index in [2.05, 4.69) is 9.82 Å². The van der Waals surface area contributed by atoms with Crippen LogP contribution in [0.3, 0.4) is 0 Å². The maximum absolute atomic E-state index is 12.5. The number of hydrogen-bond donors (Lipinski definition) is 3. The zero-order valence-electron chi connectivity index (χ0n) is 11.6. The lowest BCUT2D eigenvalue weighted by atomic mass is 9.90. The van der Waals surface area contributed by atoms with Gasteiger partial charge in [-0.2, -0.15) is 9.82 Å². The molecular formula is C12H21N5O2S. The molecule has 1 heterocycles. The molecule has 0 saturated heterocycles. The third kappa shape index (κ3) is 2.85. The average Bonchev–Trinajstić information content (AvgIpc) is 2.66. The van der Waals surface area contributed by atoms with Crippen molar-refractivity contribution in [3.05, 3.63) is 12.3 Å². The molecule has 1 aliphatic rings. The highest BCUT2D eigenvalue weighted by Crippen LogP contribution is 2.28. The Morgan fingerprint density at radius 3 is 2.45 bits per heavy atom. The van der Waals surface area contributed by atoms with E-state index < -0.39 is 15.6 Å². The van der Waals surface area contributed by atoms with Crippen LogP contribution in [-0.4, -0.2) is 29.6 Å². The Morgan fingerprint density at radius 2 is 2.00 bits per heavy atom. The minimum Gasteiger partial charge on any atom is -0.386 e. The molecule has 1 saturated carbocycles. The van der Waals surface area contributed by atoms with Crippen LogP contribution in [0, 0.1) is 5.41 Å². The van der Waals surface area contributed by atoms with Crippen molar-refractivity contribution in [2.45, 2.75) is 49.1 Å². The zero-order chi connectivity index (χ0) is 14.8. The highest BCUT2D eigenvalue weighted by Gasteiger charge is 2.39. The fourth-order valence-electron chi connectivity index (χ4n) is 2.69. The molecule has 1 aromatic rings. The molecule has 0 atom stereocenters. The van der Waals surface area contributed by atoms with Crippen LogP contribution in [0.5, 0.6) is 0 Å². The fourth-order valence-corrected chi connectivity index (χ4v) is 4.26. The number of rotatable bonds is 4. The Bertz CT molecular complexity index is 585. The normalized spacial score (nSPS) is 19.4. The van der Waals surface area contributed by atoms with Gasteiger partial charge in [0.25, 0.3) is 10.0 Å². The van der Waals surface area contributed by atoms with Crippen LogP contribution in [-0.2, 0) is 17.1 Å². The Balaban J connectivity index is 2.33. The maximum atomic E-state index is 12.5. The van der Waals surface area contributed by atoms with E-state index in [9.17, 15) is 8.42 Å². The van der Waals surface area contributed by atoms with E-state index in [0.29, 0.717) is 12.8 Å². The standard InChI is InChI=1S/C12H21N5O2S/c1-17-10(6-9-15-17)20(18,19)16-12(11(13)14)7-4-2-3-5-8-12/h6,9,16H,2-5,7-8H2,1H3,(H3,13,14). The second kappa shape index (κ2) is 5.53. The van der Waals surface area contributed by atoms with E-state index in [1.54, 1.807) is 7.05 Å². The van der Waals surface area contributed by atoms with Crippen molar-refractivity contribution in [3.8, 4) is 0 Å². The molecule has 1 aliphatic carbocycles. The van der Waals surface area contributed by atoms with E-state index in [0.717, 1.165) is 25.7 Å². The number of hydrogen-bond acceptors (Lipinski definition) is 4. The van der Waals surface area contributed by atoms with Crippen molar-refractivity contribution < 1.29 is 8.42 Å². The van der Waals surface area contributed by atoms with Gasteiger partial charge < -0.3 is 5.73 Å². The lowest BCUT2D eigenvalue weighted by Crippen LogP contribution is -2.56. The minimum absolute atomic E-state index is 0.0855. The first-order valence-corrected chi connectivity index (χ1v) is 8.22. The van der Waals surface area contributed by atoms with Crippen LogP contribution in [0.15, 0.2) is 17.3 Å². The lowest BCUT2D eigenvalue weighted by Gasteiger charge is -2.32. The van der Waals surface area contributed by atoms with E-state index >= 15 is 0 Å². The predicted octanol–water partition coefficient (Wildman–Crippen LogP) is 0.727. The molecule has 0 spiro atoms. The summed E-state index contributed by atoms with van der Waals surface area (Å²) in [5, 5.41) is 11.8. The molecule has 8 heteroatoms. The Kier molecular flexibility index (Phi) is 4.14. The van der Waals surface area contributed by atoms with Gasteiger partial charge in [-0.25, -0.2) is 8.42 Å². The maximum Gasteiger partial charge on any atom is 0.258 e. The molecule has 0 radical (unpaired) electrons. The summed E-state index contributed by atoms with van der Waals surface area (Å²) >= 11 is 0. The third-order valence-corrected chi connectivity index (χ3v) is 5.46. The summed E-state index contributed by atoms with van der Waals surface area (Å²) in [6.07, 6.45) is 6.40. The quantitative estimate of drug-likeness (QED) is 0.432. The van der Waals surface area contributed by atoms with E-state index in [1.807, 2.05) is 0 Å². The van der Waals surface area contributed by atoms with Crippen molar-refractivity contribution >= 4 is 15.9 Å². The highest BCUT2D eigenvalue weighted by atomic mass is 32.2. The number of nitrogens with zero attached hydrogens (tertiary/aromatic N) is 2. The summed E-state index contributed by atoms with van der Waals surface area (Å²) in [7, 11) is -2.17. The summed E-state index contributed by atoms with van der Waals surface area (Å²) in [4.78, 5) is 0. The number of aryl methyl sites for hydroxylation is 1. The Labute approximate surface area is 119 Å². The van der Waals surface area contributed by atoms with Crippen molar-refractivity contribution in [1.82, 2.24) is 14.5 Å². The number of aromatic nitrogens is 2. The second-order valence-electron chi connectivity index (χ2n) is 5.31. The summed E-state index contributed by atoms with van der Waals surface area (Å²) in [6.45, 7) is 0. The molecule has 0 aromatic carbocycles. The Hall–Kier alpha value is -1.41. The smallest absolute Gasteiger partial charge is 0.258 e. The van der Waals surface area contributed by atoms with Crippen molar-refractivity contribution in [3.63, 3.8) is 0 Å². The van der Waals surface area contributed by atoms with Gasteiger partial charge in [-0.15, -0.1) is 0 Å². The number of sulfonamides is 1. The molecule has 0 amide bonds.